The molecule has 1 N–H and O–H groups in total. The molecule has 0 saturated carbocycles. The van der Waals surface area contributed by atoms with Crippen LogP contribution in [-0.2, 0) is 13.0 Å². The van der Waals surface area contributed by atoms with E-state index in [0.717, 1.165) is 44.6 Å². The number of nitrogens with zero attached hydrogens (tertiary/aromatic N) is 4. The zero-order valence-electron chi connectivity index (χ0n) is 14.6. The third kappa shape index (κ3) is 3.01. The van der Waals surface area contributed by atoms with Crippen LogP contribution in [0.5, 0.6) is 0 Å². The SMILES string of the molecule is Cc1sc2nc(C(C)Sc3nnc4n3CCCCC4)[nH]c(=O)c2c1C. The highest BCUT2D eigenvalue weighted by Crippen LogP contribution is 2.34. The molecule has 0 spiro atoms. The van der Waals surface area contributed by atoms with Crippen LogP contribution in [0.2, 0.25) is 0 Å². The van der Waals surface area contributed by atoms with E-state index in [9.17, 15) is 4.79 Å². The minimum atomic E-state index is -0.0469. The molecule has 132 valence electrons. The van der Waals surface area contributed by atoms with E-state index in [2.05, 4.69) is 26.7 Å². The number of thiophene rings is 1. The Bertz CT molecular complexity index is 987. The molecule has 1 aliphatic heterocycles. The molecule has 3 aromatic heterocycles. The normalized spacial score (nSPS) is 16.0. The molecule has 8 heteroatoms. The monoisotopic (exact) mass is 375 g/mol. The predicted molar refractivity (Wildman–Crippen MR) is 102 cm³/mol. The summed E-state index contributed by atoms with van der Waals surface area (Å²) in [6, 6.07) is 0. The van der Waals surface area contributed by atoms with Gasteiger partial charge in [-0.1, -0.05) is 18.2 Å². The largest absolute Gasteiger partial charge is 0.309 e. The van der Waals surface area contributed by atoms with Crippen molar-refractivity contribution in [2.24, 2.45) is 0 Å². The van der Waals surface area contributed by atoms with Crippen molar-refractivity contribution >= 4 is 33.3 Å². The van der Waals surface area contributed by atoms with Crippen molar-refractivity contribution in [3.63, 3.8) is 0 Å². The van der Waals surface area contributed by atoms with Gasteiger partial charge in [0.1, 0.15) is 16.5 Å². The summed E-state index contributed by atoms with van der Waals surface area (Å²) in [4.78, 5) is 22.1. The Morgan fingerprint density at radius 2 is 2.08 bits per heavy atom. The quantitative estimate of drug-likeness (QED) is 0.705. The number of hydrogen-bond donors (Lipinski definition) is 1. The van der Waals surface area contributed by atoms with Gasteiger partial charge in [-0.15, -0.1) is 21.5 Å². The summed E-state index contributed by atoms with van der Waals surface area (Å²) in [5, 5.41) is 10.4. The van der Waals surface area contributed by atoms with E-state index in [-0.39, 0.29) is 10.8 Å². The maximum Gasteiger partial charge on any atom is 0.259 e. The lowest BCUT2D eigenvalue weighted by Gasteiger charge is -2.11. The summed E-state index contributed by atoms with van der Waals surface area (Å²) in [6.45, 7) is 7.04. The molecule has 25 heavy (non-hydrogen) atoms. The van der Waals surface area contributed by atoms with Crippen LogP contribution in [0.15, 0.2) is 9.95 Å². The standard InChI is InChI=1S/C17H21N5OS2/c1-9-10(2)24-16-13(9)15(23)18-14(19-16)11(3)25-17-21-20-12-7-5-4-6-8-22(12)17/h11H,4-8H2,1-3H3,(H,18,19,23). The van der Waals surface area contributed by atoms with Crippen molar-refractivity contribution in [1.29, 1.82) is 0 Å². The molecular weight excluding hydrogens is 354 g/mol. The smallest absolute Gasteiger partial charge is 0.259 e. The molecule has 0 bridgehead atoms. The van der Waals surface area contributed by atoms with E-state index in [1.165, 1.54) is 19.3 Å². The second kappa shape index (κ2) is 6.57. The van der Waals surface area contributed by atoms with E-state index < -0.39 is 0 Å². The van der Waals surface area contributed by atoms with Gasteiger partial charge >= 0.3 is 0 Å². The maximum absolute atomic E-state index is 12.5. The summed E-state index contributed by atoms with van der Waals surface area (Å²) in [5.41, 5.74) is 0.984. The Labute approximate surface area is 154 Å². The minimum absolute atomic E-state index is 0.0105. The minimum Gasteiger partial charge on any atom is -0.309 e. The fourth-order valence-electron chi connectivity index (χ4n) is 3.22. The van der Waals surface area contributed by atoms with Gasteiger partial charge in [-0.05, 0) is 39.2 Å². The molecule has 1 unspecified atom stereocenters. The lowest BCUT2D eigenvalue weighted by Crippen LogP contribution is -2.13. The van der Waals surface area contributed by atoms with Gasteiger partial charge in [0.15, 0.2) is 5.16 Å². The molecular formula is C17H21N5OS2. The van der Waals surface area contributed by atoms with Gasteiger partial charge in [-0.3, -0.25) is 4.79 Å². The first-order valence-corrected chi connectivity index (χ1v) is 10.3. The van der Waals surface area contributed by atoms with Crippen LogP contribution < -0.4 is 5.56 Å². The number of aromatic amines is 1. The molecule has 0 saturated heterocycles. The first-order chi connectivity index (χ1) is 12.0. The van der Waals surface area contributed by atoms with Gasteiger partial charge in [-0.25, -0.2) is 4.98 Å². The van der Waals surface area contributed by atoms with Crippen LogP contribution in [-0.4, -0.2) is 24.7 Å². The van der Waals surface area contributed by atoms with Crippen molar-refractivity contribution in [3.05, 3.63) is 32.4 Å². The first kappa shape index (κ1) is 16.8. The number of H-pyrrole nitrogens is 1. The molecule has 0 fully saturated rings. The zero-order chi connectivity index (χ0) is 17.6. The van der Waals surface area contributed by atoms with E-state index in [1.54, 1.807) is 23.1 Å². The van der Waals surface area contributed by atoms with Crippen molar-refractivity contribution in [2.45, 2.75) is 63.4 Å². The molecule has 0 amide bonds. The number of rotatable bonds is 3. The fourth-order valence-corrected chi connectivity index (χ4v) is 5.21. The molecule has 0 aromatic carbocycles. The second-order valence-electron chi connectivity index (χ2n) is 6.54. The highest BCUT2D eigenvalue weighted by Gasteiger charge is 2.20. The molecule has 3 aromatic rings. The number of aromatic nitrogens is 5. The summed E-state index contributed by atoms with van der Waals surface area (Å²) in [6.07, 6.45) is 4.59. The van der Waals surface area contributed by atoms with Crippen LogP contribution in [0.3, 0.4) is 0 Å². The Morgan fingerprint density at radius 3 is 2.92 bits per heavy atom. The number of hydrogen-bond acceptors (Lipinski definition) is 6. The first-order valence-electron chi connectivity index (χ1n) is 8.63. The second-order valence-corrected chi connectivity index (χ2v) is 9.05. The fraction of sp³-hybridized carbons (Fsp3) is 0.529. The Balaban J connectivity index is 1.66. The van der Waals surface area contributed by atoms with Crippen molar-refractivity contribution < 1.29 is 0 Å². The maximum atomic E-state index is 12.5. The number of aryl methyl sites for hydroxylation is 3. The third-order valence-corrected chi connectivity index (χ3v) is 6.99. The zero-order valence-corrected chi connectivity index (χ0v) is 16.3. The Hall–Kier alpha value is -1.67. The highest BCUT2D eigenvalue weighted by atomic mass is 32.2. The van der Waals surface area contributed by atoms with Crippen molar-refractivity contribution in [1.82, 2.24) is 24.7 Å². The summed E-state index contributed by atoms with van der Waals surface area (Å²) in [5.74, 6) is 1.78. The van der Waals surface area contributed by atoms with Crippen LogP contribution in [0, 0.1) is 13.8 Å². The molecule has 0 radical (unpaired) electrons. The third-order valence-electron chi connectivity index (χ3n) is 4.80. The van der Waals surface area contributed by atoms with Gasteiger partial charge in [-0.2, -0.15) is 0 Å². The molecule has 0 aliphatic carbocycles. The summed E-state index contributed by atoms with van der Waals surface area (Å²) in [7, 11) is 0. The highest BCUT2D eigenvalue weighted by molar-refractivity contribution is 7.99. The predicted octanol–water partition coefficient (Wildman–Crippen LogP) is 3.77. The average Bonchev–Trinajstić information content (AvgIpc) is 2.98. The van der Waals surface area contributed by atoms with Gasteiger partial charge < -0.3 is 9.55 Å². The summed E-state index contributed by atoms with van der Waals surface area (Å²) < 4.78 is 2.23. The van der Waals surface area contributed by atoms with Gasteiger partial charge in [0, 0.05) is 17.8 Å². The van der Waals surface area contributed by atoms with E-state index in [4.69, 9.17) is 4.98 Å². The van der Waals surface area contributed by atoms with Crippen LogP contribution >= 0.6 is 23.1 Å². The van der Waals surface area contributed by atoms with E-state index >= 15 is 0 Å². The molecule has 1 aliphatic rings. The number of thioether (sulfide) groups is 1. The van der Waals surface area contributed by atoms with Gasteiger partial charge in [0.25, 0.3) is 5.56 Å². The Kier molecular flexibility index (Phi) is 4.41. The number of fused-ring (bicyclic) bond motifs is 2. The topological polar surface area (TPSA) is 76.5 Å². The lowest BCUT2D eigenvalue weighted by molar-refractivity contribution is 0.590. The Morgan fingerprint density at radius 1 is 1.24 bits per heavy atom. The number of nitrogens with one attached hydrogen (secondary N) is 1. The van der Waals surface area contributed by atoms with E-state index in [0.29, 0.717) is 5.82 Å². The summed E-state index contributed by atoms with van der Waals surface area (Å²) >= 11 is 3.20. The molecule has 1 atom stereocenters. The van der Waals surface area contributed by atoms with Gasteiger partial charge in [0.2, 0.25) is 0 Å². The molecule has 6 nitrogen and oxygen atoms in total. The molecule has 4 rings (SSSR count). The van der Waals surface area contributed by atoms with Crippen LogP contribution in [0.25, 0.3) is 10.2 Å². The molecule has 4 heterocycles. The average molecular weight is 376 g/mol. The lowest BCUT2D eigenvalue weighted by atomic mass is 10.2. The van der Waals surface area contributed by atoms with Crippen molar-refractivity contribution in [2.75, 3.05) is 0 Å². The van der Waals surface area contributed by atoms with Crippen LogP contribution in [0.4, 0.5) is 0 Å². The van der Waals surface area contributed by atoms with Crippen LogP contribution in [0.1, 0.15) is 53.5 Å². The van der Waals surface area contributed by atoms with Crippen molar-refractivity contribution in [3.8, 4) is 0 Å². The van der Waals surface area contributed by atoms with E-state index in [1.807, 2.05) is 13.8 Å². The van der Waals surface area contributed by atoms with Gasteiger partial charge in [0.05, 0.1) is 10.6 Å².